The van der Waals surface area contributed by atoms with Gasteiger partial charge in [-0.3, -0.25) is 0 Å². The monoisotopic (exact) mass is 408 g/mol. The molecular formula is C23H18ClFN2O2. The summed E-state index contributed by atoms with van der Waals surface area (Å²) < 4.78 is 25.3. The minimum atomic E-state index is -0.444. The van der Waals surface area contributed by atoms with Crippen molar-refractivity contribution in [1.29, 1.82) is 0 Å². The molecule has 2 heterocycles. The van der Waals surface area contributed by atoms with Crippen LogP contribution < -0.4 is 9.47 Å². The summed E-state index contributed by atoms with van der Waals surface area (Å²) in [4.78, 5) is 0. The van der Waals surface area contributed by atoms with Gasteiger partial charge in [0.1, 0.15) is 5.82 Å². The first-order chi connectivity index (χ1) is 14.1. The number of benzene rings is 3. The highest BCUT2D eigenvalue weighted by Gasteiger charge is 2.42. The molecule has 3 aromatic carbocycles. The van der Waals surface area contributed by atoms with Crippen molar-refractivity contribution in [3.8, 4) is 11.5 Å². The molecule has 0 amide bonds. The fourth-order valence-corrected chi connectivity index (χ4v) is 4.14. The van der Waals surface area contributed by atoms with Gasteiger partial charge in [0.05, 0.1) is 18.9 Å². The molecule has 3 aromatic rings. The zero-order chi connectivity index (χ0) is 20.0. The smallest absolute Gasteiger partial charge is 0.214 e. The van der Waals surface area contributed by atoms with E-state index in [0.29, 0.717) is 17.2 Å². The highest BCUT2D eigenvalue weighted by atomic mass is 35.5. The SMILES string of the molecule is COc1cccc2c1O[C@H](c1cccc(Cl)c1)N1N=C(c3ccc(F)cc3)C[C@@H]21. The number of methoxy groups -OCH3 is 1. The van der Waals surface area contributed by atoms with Crippen molar-refractivity contribution < 1.29 is 13.9 Å². The maximum atomic E-state index is 13.4. The first kappa shape index (κ1) is 18.0. The average Bonchev–Trinajstić information content (AvgIpc) is 3.19. The van der Waals surface area contributed by atoms with Crippen LogP contribution in [0.25, 0.3) is 0 Å². The molecule has 0 radical (unpaired) electrons. The number of fused-ring (bicyclic) bond motifs is 3. The quantitative estimate of drug-likeness (QED) is 0.555. The number of ether oxygens (including phenoxy) is 2. The lowest BCUT2D eigenvalue weighted by Gasteiger charge is -2.38. The molecule has 5 rings (SSSR count). The van der Waals surface area contributed by atoms with Crippen molar-refractivity contribution in [2.45, 2.75) is 18.7 Å². The van der Waals surface area contributed by atoms with E-state index in [-0.39, 0.29) is 11.9 Å². The minimum Gasteiger partial charge on any atom is -0.493 e. The lowest BCUT2D eigenvalue weighted by atomic mass is 9.95. The Hall–Kier alpha value is -3.05. The van der Waals surface area contributed by atoms with Gasteiger partial charge in [-0.25, -0.2) is 9.40 Å². The number of rotatable bonds is 3. The molecule has 2 aliphatic heterocycles. The van der Waals surface area contributed by atoms with Crippen LogP contribution in [-0.4, -0.2) is 17.8 Å². The molecule has 2 aliphatic rings. The third-order valence-electron chi connectivity index (χ3n) is 5.31. The van der Waals surface area contributed by atoms with Crippen molar-refractivity contribution in [3.63, 3.8) is 0 Å². The Balaban J connectivity index is 1.62. The molecule has 0 saturated carbocycles. The third-order valence-corrected chi connectivity index (χ3v) is 5.55. The highest BCUT2D eigenvalue weighted by Crippen LogP contribution is 2.50. The van der Waals surface area contributed by atoms with Crippen LogP contribution in [0.3, 0.4) is 0 Å². The first-order valence-electron chi connectivity index (χ1n) is 9.35. The van der Waals surface area contributed by atoms with Crippen LogP contribution in [0.2, 0.25) is 5.02 Å². The van der Waals surface area contributed by atoms with E-state index in [4.69, 9.17) is 26.2 Å². The van der Waals surface area contributed by atoms with Crippen molar-refractivity contribution in [2.24, 2.45) is 5.10 Å². The van der Waals surface area contributed by atoms with E-state index in [2.05, 4.69) is 0 Å². The fraction of sp³-hybridized carbons (Fsp3) is 0.174. The van der Waals surface area contributed by atoms with Gasteiger partial charge in [-0.15, -0.1) is 0 Å². The summed E-state index contributed by atoms with van der Waals surface area (Å²) in [6.07, 6.45) is 0.243. The molecule has 146 valence electrons. The van der Waals surface area contributed by atoms with Crippen LogP contribution in [-0.2, 0) is 0 Å². The molecule has 2 atom stereocenters. The van der Waals surface area contributed by atoms with E-state index in [1.165, 1.54) is 12.1 Å². The predicted molar refractivity (Wildman–Crippen MR) is 110 cm³/mol. The Labute approximate surface area is 173 Å². The Morgan fingerprint density at radius 3 is 2.66 bits per heavy atom. The Morgan fingerprint density at radius 2 is 1.90 bits per heavy atom. The van der Waals surface area contributed by atoms with Gasteiger partial charge in [0.15, 0.2) is 11.5 Å². The second-order valence-corrected chi connectivity index (χ2v) is 7.49. The number of para-hydroxylation sites is 1. The number of nitrogens with zero attached hydrogens (tertiary/aromatic N) is 2. The molecule has 0 unspecified atom stereocenters. The van der Waals surface area contributed by atoms with Gasteiger partial charge in [-0.05, 0) is 35.9 Å². The molecule has 0 saturated heterocycles. The zero-order valence-electron chi connectivity index (χ0n) is 15.7. The summed E-state index contributed by atoms with van der Waals surface area (Å²) in [6.45, 7) is 0. The van der Waals surface area contributed by atoms with E-state index in [9.17, 15) is 4.39 Å². The van der Waals surface area contributed by atoms with Crippen LogP contribution >= 0.6 is 11.6 Å². The van der Waals surface area contributed by atoms with Crippen molar-refractivity contribution in [2.75, 3.05) is 7.11 Å². The molecule has 6 heteroatoms. The van der Waals surface area contributed by atoms with Gasteiger partial charge in [-0.2, -0.15) is 5.10 Å². The van der Waals surface area contributed by atoms with E-state index in [1.54, 1.807) is 19.2 Å². The van der Waals surface area contributed by atoms with E-state index in [1.807, 2.05) is 47.5 Å². The van der Waals surface area contributed by atoms with Gasteiger partial charge in [0.25, 0.3) is 0 Å². The molecule has 0 aromatic heterocycles. The molecule has 4 nitrogen and oxygen atoms in total. The predicted octanol–water partition coefficient (Wildman–Crippen LogP) is 5.73. The molecule has 0 aliphatic carbocycles. The van der Waals surface area contributed by atoms with Crippen LogP contribution in [0.4, 0.5) is 4.39 Å². The van der Waals surface area contributed by atoms with Crippen LogP contribution in [0.5, 0.6) is 11.5 Å². The fourth-order valence-electron chi connectivity index (χ4n) is 3.94. The standard InChI is InChI=1S/C23H18ClFN2O2/c1-28-21-7-3-6-18-20-13-19(14-8-10-17(25)11-9-14)26-27(20)23(29-22(18)21)15-4-2-5-16(24)12-15/h2-12,20,23H,13H2,1H3/t20-,23+/m0/s1. The second-order valence-electron chi connectivity index (χ2n) is 7.06. The largest absolute Gasteiger partial charge is 0.493 e. The lowest BCUT2D eigenvalue weighted by Crippen LogP contribution is -2.33. The van der Waals surface area contributed by atoms with Gasteiger partial charge in [0.2, 0.25) is 6.23 Å². The summed E-state index contributed by atoms with van der Waals surface area (Å²) in [5.41, 5.74) is 3.71. The second kappa shape index (κ2) is 7.08. The maximum Gasteiger partial charge on any atom is 0.214 e. The minimum absolute atomic E-state index is 0.0158. The number of halogens is 2. The topological polar surface area (TPSA) is 34.1 Å². The number of hydrogen-bond acceptors (Lipinski definition) is 4. The molecule has 0 spiro atoms. The van der Waals surface area contributed by atoms with Crippen LogP contribution in [0.15, 0.2) is 71.8 Å². The van der Waals surface area contributed by atoms with Gasteiger partial charge in [0, 0.05) is 22.6 Å². The van der Waals surface area contributed by atoms with Crippen molar-refractivity contribution in [3.05, 3.63) is 94.3 Å². The first-order valence-corrected chi connectivity index (χ1v) is 9.72. The molecule has 0 N–H and O–H groups in total. The average molecular weight is 409 g/mol. The van der Waals surface area contributed by atoms with Crippen molar-refractivity contribution in [1.82, 2.24) is 5.01 Å². The van der Waals surface area contributed by atoms with Gasteiger partial charge >= 0.3 is 0 Å². The Bertz CT molecular complexity index is 1100. The summed E-state index contributed by atoms with van der Waals surface area (Å²) in [6, 6.07) is 19.9. The number of hydrazone groups is 1. The Kier molecular flexibility index (Phi) is 4.40. The summed E-state index contributed by atoms with van der Waals surface area (Å²) >= 11 is 6.24. The third kappa shape index (κ3) is 3.12. The molecule has 29 heavy (non-hydrogen) atoms. The number of hydrogen-bond donors (Lipinski definition) is 0. The zero-order valence-corrected chi connectivity index (χ0v) is 16.4. The van der Waals surface area contributed by atoms with E-state index < -0.39 is 6.23 Å². The molecular weight excluding hydrogens is 391 g/mol. The van der Waals surface area contributed by atoms with Crippen molar-refractivity contribution >= 4 is 17.3 Å². The lowest BCUT2D eigenvalue weighted by molar-refractivity contribution is -0.0208. The Morgan fingerprint density at radius 1 is 1.10 bits per heavy atom. The van der Waals surface area contributed by atoms with Gasteiger partial charge < -0.3 is 9.47 Å². The van der Waals surface area contributed by atoms with Crippen LogP contribution in [0, 0.1) is 5.82 Å². The summed E-state index contributed by atoms with van der Waals surface area (Å²) in [5, 5.41) is 7.47. The molecule has 0 fully saturated rings. The van der Waals surface area contributed by atoms with E-state index in [0.717, 1.165) is 28.2 Å². The maximum absolute atomic E-state index is 13.4. The molecule has 0 bridgehead atoms. The summed E-state index contributed by atoms with van der Waals surface area (Å²) in [7, 11) is 1.63. The highest BCUT2D eigenvalue weighted by molar-refractivity contribution is 6.30. The normalized spacial score (nSPS) is 19.8. The van der Waals surface area contributed by atoms with Crippen LogP contribution in [0.1, 0.15) is 35.4 Å². The van der Waals surface area contributed by atoms with E-state index >= 15 is 0 Å². The van der Waals surface area contributed by atoms with Gasteiger partial charge in [-0.1, -0.05) is 48.0 Å². The summed E-state index contributed by atoms with van der Waals surface area (Å²) in [5.74, 6) is 1.14.